The molecule has 10 heteroatoms. The Morgan fingerprint density at radius 3 is 2.19 bits per heavy atom. The summed E-state index contributed by atoms with van der Waals surface area (Å²) in [7, 11) is -1.03. The van der Waals surface area contributed by atoms with Crippen molar-refractivity contribution in [2.24, 2.45) is 0 Å². The van der Waals surface area contributed by atoms with Crippen LogP contribution in [0.15, 0.2) is 71.6 Å². The second-order valence-electron chi connectivity index (χ2n) is 7.70. The number of carbonyl (C=O) groups excluding carboxylic acids is 1. The molecule has 1 N–H and O–H groups in total. The van der Waals surface area contributed by atoms with Crippen molar-refractivity contribution in [1.82, 2.24) is 9.62 Å². The Hall–Kier alpha value is -3.27. The predicted octanol–water partition coefficient (Wildman–Crippen LogP) is 4.26. The van der Waals surface area contributed by atoms with E-state index in [2.05, 4.69) is 5.32 Å². The predicted molar refractivity (Wildman–Crippen MR) is 138 cm³/mol. The molecule has 0 aliphatic rings. The minimum absolute atomic E-state index is 0.000592. The monoisotopic (exact) mass is 532 g/mol. The topological polar surface area (TPSA) is 94.2 Å². The lowest BCUT2D eigenvalue weighted by molar-refractivity contribution is -0.121. The summed E-state index contributed by atoms with van der Waals surface area (Å²) < 4.78 is 44.4. The Morgan fingerprint density at radius 1 is 0.944 bits per heavy atom. The molecule has 0 aromatic heterocycles. The third-order valence-corrected chi connectivity index (χ3v) is 7.44. The van der Waals surface area contributed by atoms with E-state index in [0.717, 1.165) is 9.87 Å². The lowest BCUT2D eigenvalue weighted by Crippen LogP contribution is -2.40. The maximum atomic E-state index is 13.6. The minimum atomic E-state index is -4.07. The van der Waals surface area contributed by atoms with Crippen molar-refractivity contribution >= 4 is 27.5 Å². The standard InChI is InChI=1S/C26H29ClN2O6S/c1-4-35-25-14-13-20(15-22(25)27)36(31,32)29(17-19-9-6-5-7-10-19)18-26(30)28-16-21-23(33-2)11-8-12-24(21)34-3/h5-15H,4,16-18H2,1-3H3,(H,28,30). The summed E-state index contributed by atoms with van der Waals surface area (Å²) in [4.78, 5) is 12.9. The summed E-state index contributed by atoms with van der Waals surface area (Å²) in [5.74, 6) is 0.996. The molecule has 8 nitrogen and oxygen atoms in total. The fourth-order valence-electron chi connectivity index (χ4n) is 3.58. The van der Waals surface area contributed by atoms with E-state index in [-0.39, 0.29) is 23.0 Å². The maximum absolute atomic E-state index is 13.6. The van der Waals surface area contributed by atoms with Crippen molar-refractivity contribution in [3.05, 3.63) is 82.9 Å². The lowest BCUT2D eigenvalue weighted by Gasteiger charge is -2.23. The van der Waals surface area contributed by atoms with Gasteiger partial charge < -0.3 is 19.5 Å². The summed E-state index contributed by atoms with van der Waals surface area (Å²) in [6.07, 6.45) is 0. The van der Waals surface area contributed by atoms with Gasteiger partial charge in [0.1, 0.15) is 17.2 Å². The van der Waals surface area contributed by atoms with Gasteiger partial charge in [-0.05, 0) is 42.8 Å². The molecule has 3 aromatic carbocycles. The van der Waals surface area contributed by atoms with Gasteiger partial charge in [-0.25, -0.2) is 8.42 Å². The van der Waals surface area contributed by atoms with Crippen LogP contribution in [-0.4, -0.2) is 46.0 Å². The highest BCUT2D eigenvalue weighted by atomic mass is 35.5. The molecule has 3 rings (SSSR count). The van der Waals surface area contributed by atoms with Crippen molar-refractivity contribution in [3.8, 4) is 17.2 Å². The van der Waals surface area contributed by atoms with Crippen LogP contribution in [-0.2, 0) is 27.9 Å². The van der Waals surface area contributed by atoms with Crippen LogP contribution in [0.1, 0.15) is 18.1 Å². The summed E-state index contributed by atoms with van der Waals surface area (Å²) in [6.45, 7) is 1.89. The van der Waals surface area contributed by atoms with Crippen LogP contribution in [0.4, 0.5) is 0 Å². The van der Waals surface area contributed by atoms with E-state index >= 15 is 0 Å². The van der Waals surface area contributed by atoms with E-state index in [9.17, 15) is 13.2 Å². The van der Waals surface area contributed by atoms with Crippen LogP contribution >= 0.6 is 11.6 Å². The Bertz CT molecular complexity index is 1260. The van der Waals surface area contributed by atoms with Crippen molar-refractivity contribution in [2.75, 3.05) is 27.4 Å². The number of carbonyl (C=O) groups is 1. The molecule has 0 fully saturated rings. The molecule has 192 valence electrons. The van der Waals surface area contributed by atoms with Gasteiger partial charge in [0.25, 0.3) is 0 Å². The third-order valence-electron chi connectivity index (χ3n) is 5.35. The molecule has 1 amide bonds. The van der Waals surface area contributed by atoms with E-state index < -0.39 is 22.5 Å². The largest absolute Gasteiger partial charge is 0.496 e. The first-order valence-corrected chi connectivity index (χ1v) is 13.0. The Labute approximate surface area is 216 Å². The van der Waals surface area contributed by atoms with Crippen molar-refractivity contribution in [1.29, 1.82) is 0 Å². The van der Waals surface area contributed by atoms with Crippen molar-refractivity contribution in [2.45, 2.75) is 24.9 Å². The molecule has 3 aromatic rings. The Kier molecular flexibility index (Phi) is 9.58. The van der Waals surface area contributed by atoms with Crippen LogP contribution in [0.3, 0.4) is 0 Å². The summed E-state index contributed by atoms with van der Waals surface area (Å²) in [5.41, 5.74) is 1.38. The first-order chi connectivity index (χ1) is 17.3. The van der Waals surface area contributed by atoms with Crippen LogP contribution in [0.5, 0.6) is 17.2 Å². The molecule has 0 saturated heterocycles. The average molecular weight is 533 g/mol. The van der Waals surface area contributed by atoms with E-state index in [1.54, 1.807) is 30.3 Å². The smallest absolute Gasteiger partial charge is 0.243 e. The zero-order valence-corrected chi connectivity index (χ0v) is 21.9. The molecule has 36 heavy (non-hydrogen) atoms. The van der Waals surface area contributed by atoms with E-state index in [1.165, 1.54) is 32.4 Å². The number of methoxy groups -OCH3 is 2. The van der Waals surface area contributed by atoms with Crippen molar-refractivity contribution < 1.29 is 27.4 Å². The first-order valence-electron chi connectivity index (χ1n) is 11.2. The van der Waals surface area contributed by atoms with Crippen LogP contribution < -0.4 is 19.5 Å². The molecule has 0 saturated carbocycles. The fraction of sp³-hybridized carbons (Fsp3) is 0.269. The van der Waals surface area contributed by atoms with Gasteiger partial charge in [-0.1, -0.05) is 48.0 Å². The van der Waals surface area contributed by atoms with Gasteiger partial charge in [-0.2, -0.15) is 4.31 Å². The van der Waals surface area contributed by atoms with Crippen LogP contribution in [0.2, 0.25) is 5.02 Å². The highest BCUT2D eigenvalue weighted by Crippen LogP contribution is 2.30. The second-order valence-corrected chi connectivity index (χ2v) is 10.0. The van der Waals surface area contributed by atoms with Gasteiger partial charge in [0, 0.05) is 6.54 Å². The number of benzene rings is 3. The number of ether oxygens (including phenoxy) is 3. The third kappa shape index (κ3) is 6.69. The van der Waals surface area contributed by atoms with E-state index in [0.29, 0.717) is 29.4 Å². The van der Waals surface area contributed by atoms with Gasteiger partial charge in [0.2, 0.25) is 15.9 Å². The van der Waals surface area contributed by atoms with Gasteiger partial charge in [0.15, 0.2) is 0 Å². The van der Waals surface area contributed by atoms with Crippen molar-refractivity contribution in [3.63, 3.8) is 0 Å². The van der Waals surface area contributed by atoms with Gasteiger partial charge in [0.05, 0.1) is 49.4 Å². The highest BCUT2D eigenvalue weighted by Gasteiger charge is 2.28. The molecule has 0 aliphatic carbocycles. The molecular formula is C26H29ClN2O6S. The lowest BCUT2D eigenvalue weighted by atomic mass is 10.1. The second kappa shape index (κ2) is 12.6. The van der Waals surface area contributed by atoms with Crippen LogP contribution in [0, 0.1) is 0 Å². The number of hydrogen-bond donors (Lipinski definition) is 1. The van der Waals surface area contributed by atoms with Gasteiger partial charge in [-0.3, -0.25) is 4.79 Å². The number of nitrogens with one attached hydrogen (secondary N) is 1. The molecule has 0 radical (unpaired) electrons. The molecule has 0 spiro atoms. The Morgan fingerprint density at radius 2 is 1.61 bits per heavy atom. The SMILES string of the molecule is CCOc1ccc(S(=O)(=O)N(CC(=O)NCc2c(OC)cccc2OC)Cc2ccccc2)cc1Cl. The number of rotatable bonds is 12. The number of nitrogens with zero attached hydrogens (tertiary/aromatic N) is 1. The molecular weight excluding hydrogens is 504 g/mol. The Balaban J connectivity index is 1.85. The van der Waals surface area contributed by atoms with Gasteiger partial charge in [-0.15, -0.1) is 0 Å². The zero-order chi connectivity index (χ0) is 26.1. The van der Waals surface area contributed by atoms with E-state index in [1.807, 2.05) is 25.1 Å². The number of halogens is 1. The summed E-state index contributed by atoms with van der Waals surface area (Å²) in [6, 6.07) is 18.6. The molecule has 0 unspecified atom stereocenters. The quantitative estimate of drug-likeness (QED) is 0.374. The zero-order valence-electron chi connectivity index (χ0n) is 20.4. The molecule has 0 bridgehead atoms. The maximum Gasteiger partial charge on any atom is 0.243 e. The normalized spacial score (nSPS) is 11.2. The highest BCUT2D eigenvalue weighted by molar-refractivity contribution is 7.89. The molecule has 0 heterocycles. The molecule has 0 atom stereocenters. The number of sulfonamides is 1. The summed E-state index contributed by atoms with van der Waals surface area (Å²) >= 11 is 6.25. The summed E-state index contributed by atoms with van der Waals surface area (Å²) in [5, 5.41) is 2.95. The number of amides is 1. The van der Waals surface area contributed by atoms with E-state index in [4.69, 9.17) is 25.8 Å². The van der Waals surface area contributed by atoms with Gasteiger partial charge >= 0.3 is 0 Å². The minimum Gasteiger partial charge on any atom is -0.496 e. The first kappa shape index (κ1) is 27.3. The fourth-order valence-corrected chi connectivity index (χ4v) is 5.29. The molecule has 0 aliphatic heterocycles. The average Bonchev–Trinajstić information content (AvgIpc) is 2.88. The van der Waals surface area contributed by atoms with Crippen LogP contribution in [0.25, 0.3) is 0 Å². The number of hydrogen-bond acceptors (Lipinski definition) is 6.